The highest BCUT2D eigenvalue weighted by Gasteiger charge is 2.09. The lowest BCUT2D eigenvalue weighted by Crippen LogP contribution is -2.01. The molecule has 0 saturated carbocycles. The number of aromatic nitrogens is 2. The fraction of sp³-hybridized carbons (Fsp3) is 0.118. The van der Waals surface area contributed by atoms with Gasteiger partial charge in [0, 0.05) is 16.2 Å². The standard InChI is InChI=1S/C17H16BrN3/c1-12-5-4-7-13(9-12)17-16(19)11-21(20-17)10-14-6-2-3-8-15(14)18/h2-9,11H,10,19H2,1H3. The van der Waals surface area contributed by atoms with Crippen LogP contribution in [-0.4, -0.2) is 9.78 Å². The number of nitrogen functional groups attached to an aromatic ring is 1. The van der Waals surface area contributed by atoms with E-state index in [9.17, 15) is 0 Å². The minimum Gasteiger partial charge on any atom is -0.396 e. The highest BCUT2D eigenvalue weighted by atomic mass is 79.9. The molecule has 4 heteroatoms. The summed E-state index contributed by atoms with van der Waals surface area (Å²) in [5.74, 6) is 0. The lowest BCUT2D eigenvalue weighted by atomic mass is 10.1. The second-order valence-electron chi connectivity index (χ2n) is 5.09. The maximum Gasteiger partial charge on any atom is 0.115 e. The van der Waals surface area contributed by atoms with Crippen molar-refractivity contribution in [3.05, 3.63) is 70.3 Å². The van der Waals surface area contributed by atoms with E-state index in [0.29, 0.717) is 12.2 Å². The first-order valence-corrected chi connectivity index (χ1v) is 7.56. The van der Waals surface area contributed by atoms with Crippen LogP contribution in [-0.2, 0) is 6.54 Å². The number of benzene rings is 2. The van der Waals surface area contributed by atoms with Gasteiger partial charge in [0.15, 0.2) is 0 Å². The van der Waals surface area contributed by atoms with Crippen LogP contribution >= 0.6 is 15.9 Å². The Morgan fingerprint density at radius 2 is 1.95 bits per heavy atom. The Morgan fingerprint density at radius 3 is 2.71 bits per heavy atom. The summed E-state index contributed by atoms with van der Waals surface area (Å²) in [5, 5.41) is 4.63. The lowest BCUT2D eigenvalue weighted by molar-refractivity contribution is 0.687. The monoisotopic (exact) mass is 341 g/mol. The van der Waals surface area contributed by atoms with Gasteiger partial charge in [-0.1, -0.05) is 57.9 Å². The molecular formula is C17H16BrN3. The molecule has 0 bridgehead atoms. The van der Waals surface area contributed by atoms with Gasteiger partial charge in [-0.2, -0.15) is 5.10 Å². The molecule has 1 heterocycles. The third-order valence-corrected chi connectivity index (χ3v) is 4.15. The summed E-state index contributed by atoms with van der Waals surface area (Å²) in [7, 11) is 0. The third-order valence-electron chi connectivity index (χ3n) is 3.37. The van der Waals surface area contributed by atoms with Crippen LogP contribution in [0.2, 0.25) is 0 Å². The molecule has 0 atom stereocenters. The van der Waals surface area contributed by atoms with Gasteiger partial charge in [0.25, 0.3) is 0 Å². The highest BCUT2D eigenvalue weighted by molar-refractivity contribution is 9.10. The SMILES string of the molecule is Cc1cccc(-c2nn(Cc3ccccc3Br)cc2N)c1. The van der Waals surface area contributed by atoms with Gasteiger partial charge < -0.3 is 5.73 Å². The Labute approximate surface area is 132 Å². The number of nitrogens with two attached hydrogens (primary N) is 1. The molecule has 2 aromatic carbocycles. The first kappa shape index (κ1) is 13.9. The van der Waals surface area contributed by atoms with E-state index in [-0.39, 0.29) is 0 Å². The van der Waals surface area contributed by atoms with Crippen LogP contribution in [0.25, 0.3) is 11.3 Å². The summed E-state index contributed by atoms with van der Waals surface area (Å²) in [4.78, 5) is 0. The van der Waals surface area contributed by atoms with Crippen molar-refractivity contribution < 1.29 is 0 Å². The van der Waals surface area contributed by atoms with E-state index in [4.69, 9.17) is 5.73 Å². The van der Waals surface area contributed by atoms with E-state index in [1.165, 1.54) is 11.1 Å². The molecule has 3 nitrogen and oxygen atoms in total. The second-order valence-corrected chi connectivity index (χ2v) is 5.95. The van der Waals surface area contributed by atoms with Crippen LogP contribution < -0.4 is 5.73 Å². The summed E-state index contributed by atoms with van der Waals surface area (Å²) in [6.07, 6.45) is 1.89. The smallest absolute Gasteiger partial charge is 0.115 e. The van der Waals surface area contributed by atoms with E-state index in [1.54, 1.807) is 0 Å². The van der Waals surface area contributed by atoms with E-state index in [0.717, 1.165) is 15.7 Å². The molecular weight excluding hydrogens is 326 g/mol. The molecule has 0 fully saturated rings. The molecule has 106 valence electrons. The van der Waals surface area contributed by atoms with Gasteiger partial charge in [-0.05, 0) is 24.6 Å². The number of hydrogen-bond donors (Lipinski definition) is 1. The van der Waals surface area contributed by atoms with Gasteiger partial charge >= 0.3 is 0 Å². The molecule has 2 N–H and O–H groups in total. The van der Waals surface area contributed by atoms with Crippen LogP contribution in [0.15, 0.2) is 59.2 Å². The maximum atomic E-state index is 6.12. The minimum atomic E-state index is 0.692. The molecule has 0 amide bonds. The van der Waals surface area contributed by atoms with Gasteiger partial charge in [0.05, 0.1) is 12.2 Å². The summed E-state index contributed by atoms with van der Waals surface area (Å²) < 4.78 is 2.96. The molecule has 3 aromatic rings. The van der Waals surface area contributed by atoms with E-state index >= 15 is 0 Å². The van der Waals surface area contributed by atoms with Gasteiger partial charge in [-0.25, -0.2) is 0 Å². The fourth-order valence-corrected chi connectivity index (χ4v) is 2.75. The maximum absolute atomic E-state index is 6.12. The van der Waals surface area contributed by atoms with Crippen LogP contribution in [0.3, 0.4) is 0 Å². The molecule has 0 aliphatic rings. The van der Waals surface area contributed by atoms with Crippen LogP contribution in [0.1, 0.15) is 11.1 Å². The Bertz CT molecular complexity index is 777. The molecule has 0 saturated heterocycles. The first-order valence-electron chi connectivity index (χ1n) is 6.77. The zero-order valence-corrected chi connectivity index (χ0v) is 13.3. The fourth-order valence-electron chi connectivity index (χ4n) is 2.34. The average molecular weight is 342 g/mol. The van der Waals surface area contributed by atoms with Crippen molar-refractivity contribution in [2.75, 3.05) is 5.73 Å². The number of halogens is 1. The normalized spacial score (nSPS) is 10.8. The molecule has 21 heavy (non-hydrogen) atoms. The van der Waals surface area contributed by atoms with Crippen molar-refractivity contribution in [2.24, 2.45) is 0 Å². The highest BCUT2D eigenvalue weighted by Crippen LogP contribution is 2.25. The van der Waals surface area contributed by atoms with Gasteiger partial charge in [0.2, 0.25) is 0 Å². The summed E-state index contributed by atoms with van der Waals surface area (Å²) in [6, 6.07) is 16.4. The van der Waals surface area contributed by atoms with Gasteiger partial charge in [0.1, 0.15) is 5.69 Å². The quantitative estimate of drug-likeness (QED) is 0.773. The van der Waals surface area contributed by atoms with Crippen LogP contribution in [0.5, 0.6) is 0 Å². The summed E-state index contributed by atoms with van der Waals surface area (Å²) in [6.45, 7) is 2.76. The minimum absolute atomic E-state index is 0.692. The van der Waals surface area contributed by atoms with Crippen LogP contribution in [0, 0.1) is 6.92 Å². The zero-order valence-electron chi connectivity index (χ0n) is 11.8. The van der Waals surface area contributed by atoms with Gasteiger partial charge in [-0.15, -0.1) is 0 Å². The molecule has 1 aromatic heterocycles. The Morgan fingerprint density at radius 1 is 1.14 bits per heavy atom. The Balaban J connectivity index is 1.93. The predicted molar refractivity (Wildman–Crippen MR) is 90.1 cm³/mol. The Kier molecular flexibility index (Phi) is 3.80. The van der Waals surface area contributed by atoms with Gasteiger partial charge in [-0.3, -0.25) is 4.68 Å². The van der Waals surface area contributed by atoms with Crippen LogP contribution in [0.4, 0.5) is 5.69 Å². The number of rotatable bonds is 3. The van der Waals surface area contributed by atoms with Crippen molar-refractivity contribution in [2.45, 2.75) is 13.5 Å². The first-order chi connectivity index (χ1) is 10.1. The van der Waals surface area contributed by atoms with Crippen molar-refractivity contribution in [1.82, 2.24) is 9.78 Å². The summed E-state index contributed by atoms with van der Waals surface area (Å²) >= 11 is 3.56. The molecule has 0 aliphatic carbocycles. The molecule has 0 spiro atoms. The third kappa shape index (κ3) is 3.00. The number of anilines is 1. The topological polar surface area (TPSA) is 43.8 Å². The molecule has 0 aliphatic heterocycles. The largest absolute Gasteiger partial charge is 0.396 e. The summed E-state index contributed by atoms with van der Waals surface area (Å²) in [5.41, 5.74) is 11.1. The average Bonchev–Trinajstić information content (AvgIpc) is 2.82. The molecule has 0 radical (unpaired) electrons. The number of nitrogens with zero attached hydrogens (tertiary/aromatic N) is 2. The van der Waals surface area contributed by atoms with E-state index in [1.807, 2.05) is 41.2 Å². The van der Waals surface area contributed by atoms with Crippen molar-refractivity contribution in [1.29, 1.82) is 0 Å². The Hall–Kier alpha value is -2.07. The van der Waals surface area contributed by atoms with Crippen molar-refractivity contribution in [3.8, 4) is 11.3 Å². The van der Waals surface area contributed by atoms with E-state index < -0.39 is 0 Å². The van der Waals surface area contributed by atoms with E-state index in [2.05, 4.69) is 46.2 Å². The second kappa shape index (κ2) is 5.74. The predicted octanol–water partition coefficient (Wildman–Crippen LogP) is 4.25. The van der Waals surface area contributed by atoms with Crippen molar-refractivity contribution in [3.63, 3.8) is 0 Å². The molecule has 0 unspecified atom stereocenters. The molecule has 3 rings (SSSR count). The lowest BCUT2D eigenvalue weighted by Gasteiger charge is -2.04. The number of aryl methyl sites for hydroxylation is 1. The zero-order chi connectivity index (χ0) is 14.8. The number of hydrogen-bond acceptors (Lipinski definition) is 2. The van der Waals surface area contributed by atoms with Crippen molar-refractivity contribution >= 4 is 21.6 Å².